The first-order valence-electron chi connectivity index (χ1n) is 46.8. The normalized spacial score (nSPS) is 12.2. The van der Waals surface area contributed by atoms with Gasteiger partial charge in [0.15, 0.2) is 34.9 Å². The van der Waals surface area contributed by atoms with Gasteiger partial charge in [-0.1, -0.05) is 297 Å². The molecule has 22 aromatic carbocycles. The minimum absolute atomic E-state index is 0.578. The van der Waals surface area contributed by atoms with Crippen LogP contribution in [0.4, 0.5) is 0 Å². The molecule has 12 nitrogen and oxygen atoms in total. The molecule has 0 saturated heterocycles. The second-order valence-corrected chi connectivity index (χ2v) is 36.3. The fraction of sp³-hybridized carbons (Fsp3) is 0. The minimum atomic E-state index is 0.578. The van der Waals surface area contributed by atoms with Crippen molar-refractivity contribution in [1.82, 2.24) is 48.2 Å². The summed E-state index contributed by atoms with van der Waals surface area (Å²) in [6.45, 7) is 0. The van der Waals surface area contributed by atoms with E-state index in [1.165, 1.54) is 37.7 Å². The van der Waals surface area contributed by atoms with Crippen molar-refractivity contribution < 1.29 is 8.83 Å². The lowest BCUT2D eigenvalue weighted by Crippen LogP contribution is -2.00. The standard InChI is InChI=1S/C126H72N10O2/c1-4-24-74(25-5-1)121-127-122(75-26-6-2-7-27-75)130-125(129-121)79-49-56-90-92-58-52-81(69-102(92)88-33-13-12-32-87(88)100(90)67-79)133-107-39-19-14-34-93(107)104-72-84(53-61-111(104)133)136-110-42-22-17-38-99(110)118-114(136)64-60-97-106-66-78(50-65-116(106)138-120(97)118)73-44-46-77(47-45-73)124-128-123(76-28-8-3-9-29-76)131-126(132-124)80-48-55-89-85-30-10-11-31-86(85)91-57-51-82(70-103(91)101(89)68-80)134-108-40-20-15-35-94(108)105-71-83(54-62-112(105)134)135-109-41-21-16-37-98(109)117-113(135)63-59-96-95-36-18-23-43-115(95)137-119(96)117/h1-72H. The van der Waals surface area contributed by atoms with Crippen molar-refractivity contribution in [2.45, 2.75) is 0 Å². The zero-order valence-electron chi connectivity index (χ0n) is 73.9. The summed E-state index contributed by atoms with van der Waals surface area (Å²) in [5, 5.41) is 27.3. The molecule has 0 saturated carbocycles. The number of furan rings is 2. The molecule has 30 rings (SSSR count). The van der Waals surface area contributed by atoms with Crippen molar-refractivity contribution in [2.75, 3.05) is 0 Å². The summed E-state index contributed by atoms with van der Waals surface area (Å²) < 4.78 is 23.5. The highest BCUT2D eigenvalue weighted by molar-refractivity contribution is 6.30. The summed E-state index contributed by atoms with van der Waals surface area (Å²) in [5.41, 5.74) is 24.2. The predicted octanol–water partition coefficient (Wildman–Crippen LogP) is 32.8. The molecule has 0 aliphatic heterocycles. The molecule has 0 aliphatic rings. The summed E-state index contributed by atoms with van der Waals surface area (Å²) in [7, 11) is 0. The highest BCUT2D eigenvalue weighted by atomic mass is 16.3. The van der Waals surface area contributed by atoms with Gasteiger partial charge in [0.2, 0.25) is 0 Å². The lowest BCUT2D eigenvalue weighted by atomic mass is 9.93. The maximum atomic E-state index is 7.11. The number of fused-ring (bicyclic) bond motifs is 32. The molecule has 0 unspecified atom stereocenters. The van der Waals surface area contributed by atoms with Crippen LogP contribution in [0, 0.1) is 0 Å². The Hall–Kier alpha value is -18.8. The van der Waals surface area contributed by atoms with E-state index in [4.69, 9.17) is 38.7 Å². The smallest absolute Gasteiger partial charge is 0.164 e. The summed E-state index contributed by atoms with van der Waals surface area (Å²) >= 11 is 0. The molecule has 638 valence electrons. The summed E-state index contributed by atoms with van der Waals surface area (Å²) in [6, 6.07) is 157. The molecule has 0 bridgehead atoms. The topological polar surface area (TPSA) is 123 Å². The predicted molar refractivity (Wildman–Crippen MR) is 568 cm³/mol. The first kappa shape index (κ1) is 75.8. The van der Waals surface area contributed by atoms with Gasteiger partial charge in [-0.05, 0) is 215 Å². The first-order valence-corrected chi connectivity index (χ1v) is 46.8. The largest absolute Gasteiger partial charge is 0.455 e. The monoisotopic (exact) mass is 1760 g/mol. The summed E-state index contributed by atoms with van der Waals surface area (Å²) in [5.74, 6) is 3.64. The van der Waals surface area contributed by atoms with Crippen molar-refractivity contribution in [3.63, 3.8) is 0 Å². The Bertz CT molecular complexity index is 10400. The van der Waals surface area contributed by atoms with Crippen LogP contribution in [-0.2, 0) is 0 Å². The molecule has 0 atom stereocenters. The van der Waals surface area contributed by atoms with Crippen molar-refractivity contribution in [3.05, 3.63) is 437 Å². The molecule has 0 radical (unpaired) electrons. The average Bonchev–Trinajstić information content (AvgIpc) is 0.923. The maximum Gasteiger partial charge on any atom is 0.164 e. The van der Waals surface area contributed by atoms with Crippen LogP contribution < -0.4 is 0 Å². The number of nitrogens with zero attached hydrogens (tertiary/aromatic N) is 10. The van der Waals surface area contributed by atoms with Crippen molar-refractivity contribution in [2.24, 2.45) is 0 Å². The molecule has 0 aliphatic carbocycles. The minimum Gasteiger partial charge on any atom is -0.455 e. The van der Waals surface area contributed by atoms with Gasteiger partial charge in [-0.25, -0.2) is 29.9 Å². The highest BCUT2D eigenvalue weighted by Crippen LogP contribution is 2.49. The van der Waals surface area contributed by atoms with Gasteiger partial charge >= 0.3 is 0 Å². The van der Waals surface area contributed by atoms with Crippen LogP contribution in [0.3, 0.4) is 0 Å². The molecule has 30 aromatic rings. The van der Waals surface area contributed by atoms with Crippen LogP contribution in [0.1, 0.15) is 0 Å². The Morgan fingerprint density at radius 2 is 0.391 bits per heavy atom. The van der Waals surface area contributed by atoms with Crippen molar-refractivity contribution in [1.29, 1.82) is 0 Å². The van der Waals surface area contributed by atoms with Crippen LogP contribution in [0.25, 0.3) is 298 Å². The lowest BCUT2D eigenvalue weighted by Gasteiger charge is -2.15. The van der Waals surface area contributed by atoms with Crippen molar-refractivity contribution >= 4 is 196 Å². The fourth-order valence-electron chi connectivity index (χ4n) is 22.6. The molecule has 8 aromatic heterocycles. The third kappa shape index (κ3) is 11.4. The molecular weight excluding hydrogens is 1690 g/mol. The molecule has 0 N–H and O–H groups in total. The first-order chi connectivity index (χ1) is 68.4. The summed E-state index contributed by atoms with van der Waals surface area (Å²) in [6.07, 6.45) is 0. The number of benzene rings is 22. The SMILES string of the molecule is c1ccc(-c2nc(-c3ccccc3)nc(-c3ccc4c5ccc(-n6c7ccccc7c7cc(-n8c9ccccc9c9c%10oc%11ccc(-c%12ccc(-c%13nc(-c%14ccccc%14)nc(-c%14ccc%15c%16ccccc%16c%16ccc(-n%17c%18ccccc%18c%18cc(-n%19c%20ccccc%20c%20c%21oc%22ccccc%22c%21ccc%20%19)ccc%18%17)cc%16c%15c%14)n%13)cc%12)cc%11c%10ccc98)ccc76)cc5c5ccccc5c4c3)n2)cc1. The van der Waals surface area contributed by atoms with E-state index in [9.17, 15) is 0 Å². The van der Waals surface area contributed by atoms with E-state index >= 15 is 0 Å². The van der Waals surface area contributed by atoms with E-state index in [1.54, 1.807) is 0 Å². The number of para-hydroxylation sites is 5. The van der Waals surface area contributed by atoms with Crippen LogP contribution in [0.5, 0.6) is 0 Å². The molecule has 0 amide bonds. The van der Waals surface area contributed by atoms with Gasteiger partial charge in [-0.3, -0.25) is 0 Å². The number of aromatic nitrogens is 10. The fourth-order valence-corrected chi connectivity index (χ4v) is 22.6. The Kier molecular flexibility index (Phi) is 16.1. The zero-order chi connectivity index (χ0) is 90.1. The van der Waals surface area contributed by atoms with Crippen LogP contribution in [0.2, 0.25) is 0 Å². The maximum absolute atomic E-state index is 7.11. The van der Waals surface area contributed by atoms with E-state index < -0.39 is 0 Å². The van der Waals surface area contributed by atoms with Gasteiger partial charge in [0.1, 0.15) is 22.3 Å². The number of rotatable bonds is 11. The highest BCUT2D eigenvalue weighted by Gasteiger charge is 2.27. The Morgan fingerprint density at radius 3 is 0.841 bits per heavy atom. The van der Waals surface area contributed by atoms with E-state index in [0.717, 1.165) is 225 Å². The van der Waals surface area contributed by atoms with E-state index in [1.807, 2.05) is 60.7 Å². The van der Waals surface area contributed by atoms with E-state index in [0.29, 0.717) is 34.9 Å². The lowest BCUT2D eigenvalue weighted by molar-refractivity contribution is 0.672. The third-order valence-corrected chi connectivity index (χ3v) is 28.8. The van der Waals surface area contributed by atoms with Gasteiger partial charge in [0.25, 0.3) is 0 Å². The van der Waals surface area contributed by atoms with Crippen LogP contribution in [-0.4, -0.2) is 48.2 Å². The van der Waals surface area contributed by atoms with Gasteiger partial charge in [-0.15, -0.1) is 0 Å². The van der Waals surface area contributed by atoms with Crippen LogP contribution in [0.15, 0.2) is 446 Å². The molecule has 8 heterocycles. The third-order valence-electron chi connectivity index (χ3n) is 28.8. The quantitative estimate of drug-likeness (QED) is 0.117. The van der Waals surface area contributed by atoms with Gasteiger partial charge < -0.3 is 27.1 Å². The Labute approximate surface area is 786 Å². The average molecular weight is 1760 g/mol. The number of hydrogen-bond acceptors (Lipinski definition) is 8. The van der Waals surface area contributed by atoms with Gasteiger partial charge in [-0.2, -0.15) is 0 Å². The molecule has 138 heavy (non-hydrogen) atoms. The second kappa shape index (κ2) is 29.4. The molecule has 0 spiro atoms. The molecule has 12 heteroatoms. The van der Waals surface area contributed by atoms with E-state index in [2.05, 4.69) is 394 Å². The molecule has 0 fully saturated rings. The van der Waals surface area contributed by atoms with Crippen LogP contribution >= 0.6 is 0 Å². The van der Waals surface area contributed by atoms with Gasteiger partial charge in [0.05, 0.1) is 54.9 Å². The van der Waals surface area contributed by atoms with E-state index in [-0.39, 0.29) is 0 Å². The molecular formula is C126H72N10O2. The Balaban J connectivity index is 0.489. The Morgan fingerprint density at radius 1 is 0.138 bits per heavy atom. The van der Waals surface area contributed by atoms with Crippen molar-refractivity contribution in [3.8, 4) is 102 Å². The number of hydrogen-bond donors (Lipinski definition) is 0. The second-order valence-electron chi connectivity index (χ2n) is 36.3. The zero-order valence-corrected chi connectivity index (χ0v) is 73.9. The van der Waals surface area contributed by atoms with Gasteiger partial charge in [0, 0.05) is 110 Å². The summed E-state index contributed by atoms with van der Waals surface area (Å²) in [4.78, 5) is 31.3.